The quantitative estimate of drug-likeness (QED) is 0.893. The smallest absolute Gasteiger partial charge is 0.340 e. The minimum Gasteiger partial charge on any atom is -0.493 e. The summed E-state index contributed by atoms with van der Waals surface area (Å²) in [5.41, 5.74) is 1.76. The number of carboxylic acids is 1. The first-order valence-electron chi connectivity index (χ1n) is 5.78. The van der Waals surface area contributed by atoms with E-state index in [1.807, 2.05) is 37.3 Å². The van der Waals surface area contributed by atoms with E-state index < -0.39 is 5.97 Å². The normalized spacial score (nSPS) is 10.1. The van der Waals surface area contributed by atoms with Crippen LogP contribution < -0.4 is 4.74 Å². The molecule has 0 saturated heterocycles. The van der Waals surface area contributed by atoms with E-state index in [9.17, 15) is 9.90 Å². The Balaban J connectivity index is 2.60. The maximum atomic E-state index is 11.4. The lowest BCUT2D eigenvalue weighted by atomic mass is 9.99. The minimum absolute atomic E-state index is 0.213. The first-order chi connectivity index (χ1) is 8.74. The molecule has 0 fully saturated rings. The summed E-state index contributed by atoms with van der Waals surface area (Å²) in [6, 6.07) is 14.7. The average Bonchev–Trinajstić information content (AvgIpc) is 2.39. The van der Waals surface area contributed by atoms with Gasteiger partial charge in [0.15, 0.2) is 0 Å². The molecule has 0 aliphatic rings. The molecule has 0 unspecified atom stereocenters. The summed E-state index contributed by atoms with van der Waals surface area (Å²) in [6.45, 7) is 2.28. The number of aromatic carboxylic acids is 1. The van der Waals surface area contributed by atoms with Crippen molar-refractivity contribution in [2.75, 3.05) is 6.61 Å². The molecule has 92 valence electrons. The number of ether oxygens (including phenoxy) is 1. The number of hydrogen-bond donors (Lipinski definition) is 1. The molecular weight excluding hydrogens is 228 g/mol. The number of carboxylic acid groups (broad SMARTS) is 1. The van der Waals surface area contributed by atoms with Gasteiger partial charge in [0, 0.05) is 0 Å². The summed E-state index contributed by atoms with van der Waals surface area (Å²) in [7, 11) is 0. The molecule has 1 N–H and O–H groups in total. The second kappa shape index (κ2) is 5.36. The number of benzene rings is 2. The van der Waals surface area contributed by atoms with E-state index in [0.29, 0.717) is 17.9 Å². The van der Waals surface area contributed by atoms with Crippen LogP contribution in [0, 0.1) is 0 Å². The largest absolute Gasteiger partial charge is 0.493 e. The molecule has 3 heteroatoms. The predicted molar refractivity (Wildman–Crippen MR) is 70.0 cm³/mol. The van der Waals surface area contributed by atoms with Gasteiger partial charge in [-0.2, -0.15) is 0 Å². The summed E-state index contributed by atoms with van der Waals surface area (Å²) >= 11 is 0. The Morgan fingerprint density at radius 1 is 1.11 bits per heavy atom. The van der Waals surface area contributed by atoms with Crippen molar-refractivity contribution >= 4 is 5.97 Å². The highest BCUT2D eigenvalue weighted by molar-refractivity contribution is 5.99. The van der Waals surface area contributed by atoms with Gasteiger partial charge in [0.1, 0.15) is 11.3 Å². The van der Waals surface area contributed by atoms with Gasteiger partial charge in [-0.25, -0.2) is 4.79 Å². The van der Waals surface area contributed by atoms with Crippen LogP contribution in [0.15, 0.2) is 48.5 Å². The second-order valence-electron chi connectivity index (χ2n) is 3.78. The highest BCUT2D eigenvalue weighted by Gasteiger charge is 2.17. The van der Waals surface area contributed by atoms with Gasteiger partial charge in [-0.05, 0) is 24.1 Å². The minimum atomic E-state index is -0.974. The summed E-state index contributed by atoms with van der Waals surface area (Å²) in [6.07, 6.45) is 0. The standard InChI is InChI=1S/C15H14O3/c1-2-18-13-10-6-9-12(14(13)15(16)17)11-7-4-3-5-8-11/h3-10H,2H2,1H3,(H,16,17). The van der Waals surface area contributed by atoms with Gasteiger partial charge in [-0.3, -0.25) is 0 Å². The molecular formula is C15H14O3. The molecule has 2 rings (SSSR count). The van der Waals surface area contributed by atoms with Crippen LogP contribution in [0.5, 0.6) is 5.75 Å². The highest BCUT2D eigenvalue weighted by Crippen LogP contribution is 2.30. The maximum absolute atomic E-state index is 11.4. The van der Waals surface area contributed by atoms with Crippen molar-refractivity contribution in [1.82, 2.24) is 0 Å². The number of carbonyl (C=O) groups is 1. The third-order valence-electron chi connectivity index (χ3n) is 2.62. The van der Waals surface area contributed by atoms with Crippen molar-refractivity contribution in [3.05, 3.63) is 54.1 Å². The van der Waals surface area contributed by atoms with Crippen molar-refractivity contribution < 1.29 is 14.6 Å². The van der Waals surface area contributed by atoms with E-state index in [-0.39, 0.29) is 5.56 Å². The summed E-state index contributed by atoms with van der Waals surface area (Å²) in [5, 5.41) is 9.35. The predicted octanol–water partition coefficient (Wildman–Crippen LogP) is 3.45. The molecule has 0 radical (unpaired) electrons. The maximum Gasteiger partial charge on any atom is 0.340 e. The second-order valence-corrected chi connectivity index (χ2v) is 3.78. The summed E-state index contributed by atoms with van der Waals surface area (Å²) in [4.78, 5) is 11.4. The Bertz CT molecular complexity index is 547. The van der Waals surface area contributed by atoms with Crippen molar-refractivity contribution in [2.24, 2.45) is 0 Å². The van der Waals surface area contributed by atoms with E-state index in [2.05, 4.69) is 0 Å². The van der Waals surface area contributed by atoms with E-state index >= 15 is 0 Å². The first kappa shape index (κ1) is 12.2. The van der Waals surface area contributed by atoms with Crippen molar-refractivity contribution in [3.8, 4) is 16.9 Å². The molecule has 18 heavy (non-hydrogen) atoms. The SMILES string of the molecule is CCOc1cccc(-c2ccccc2)c1C(=O)O. The van der Waals surface area contributed by atoms with E-state index in [1.165, 1.54) is 0 Å². The van der Waals surface area contributed by atoms with Crippen LogP contribution in [0.1, 0.15) is 17.3 Å². The Morgan fingerprint density at radius 3 is 2.44 bits per heavy atom. The fraction of sp³-hybridized carbons (Fsp3) is 0.133. The third kappa shape index (κ3) is 2.35. The van der Waals surface area contributed by atoms with Gasteiger partial charge in [-0.15, -0.1) is 0 Å². The van der Waals surface area contributed by atoms with Crippen LogP contribution in [0.3, 0.4) is 0 Å². The Hall–Kier alpha value is -2.29. The number of hydrogen-bond acceptors (Lipinski definition) is 2. The van der Waals surface area contributed by atoms with Crippen LogP contribution in [-0.4, -0.2) is 17.7 Å². The lowest BCUT2D eigenvalue weighted by Crippen LogP contribution is -2.05. The first-order valence-corrected chi connectivity index (χ1v) is 5.78. The van der Waals surface area contributed by atoms with Crippen LogP contribution in [0.4, 0.5) is 0 Å². The molecule has 3 nitrogen and oxygen atoms in total. The zero-order valence-electron chi connectivity index (χ0n) is 10.1. The summed E-state index contributed by atoms with van der Waals surface area (Å²) < 4.78 is 5.38. The monoisotopic (exact) mass is 242 g/mol. The molecule has 2 aromatic rings. The van der Waals surface area contributed by atoms with Crippen LogP contribution >= 0.6 is 0 Å². The summed E-state index contributed by atoms with van der Waals surface area (Å²) in [5.74, 6) is -0.566. The van der Waals surface area contributed by atoms with Gasteiger partial charge in [-0.1, -0.05) is 42.5 Å². The van der Waals surface area contributed by atoms with E-state index in [0.717, 1.165) is 5.56 Å². The zero-order valence-corrected chi connectivity index (χ0v) is 10.1. The molecule has 0 spiro atoms. The van der Waals surface area contributed by atoms with Crippen LogP contribution in [0.25, 0.3) is 11.1 Å². The molecule has 0 aliphatic heterocycles. The third-order valence-corrected chi connectivity index (χ3v) is 2.62. The molecule has 0 amide bonds. The lowest BCUT2D eigenvalue weighted by Gasteiger charge is -2.11. The van der Waals surface area contributed by atoms with Gasteiger partial charge in [0.25, 0.3) is 0 Å². The van der Waals surface area contributed by atoms with Crippen LogP contribution in [0.2, 0.25) is 0 Å². The fourth-order valence-electron chi connectivity index (χ4n) is 1.89. The topological polar surface area (TPSA) is 46.5 Å². The molecule has 0 bridgehead atoms. The van der Waals surface area contributed by atoms with Crippen molar-refractivity contribution in [2.45, 2.75) is 6.92 Å². The Labute approximate surface area is 106 Å². The molecule has 0 saturated carbocycles. The molecule has 0 atom stereocenters. The lowest BCUT2D eigenvalue weighted by molar-refractivity contribution is 0.0693. The van der Waals surface area contributed by atoms with Crippen molar-refractivity contribution in [1.29, 1.82) is 0 Å². The number of rotatable bonds is 4. The van der Waals surface area contributed by atoms with Gasteiger partial charge in [0.05, 0.1) is 6.61 Å². The van der Waals surface area contributed by atoms with E-state index in [4.69, 9.17) is 4.74 Å². The van der Waals surface area contributed by atoms with Gasteiger partial charge in [0.2, 0.25) is 0 Å². The molecule has 0 heterocycles. The average molecular weight is 242 g/mol. The molecule has 0 aliphatic carbocycles. The molecule has 2 aromatic carbocycles. The van der Waals surface area contributed by atoms with E-state index in [1.54, 1.807) is 18.2 Å². The zero-order chi connectivity index (χ0) is 13.0. The Kier molecular flexibility index (Phi) is 3.63. The molecule has 0 aromatic heterocycles. The fourth-order valence-corrected chi connectivity index (χ4v) is 1.89. The van der Waals surface area contributed by atoms with Gasteiger partial charge >= 0.3 is 5.97 Å². The Morgan fingerprint density at radius 2 is 1.83 bits per heavy atom. The van der Waals surface area contributed by atoms with Gasteiger partial charge < -0.3 is 9.84 Å². The van der Waals surface area contributed by atoms with Crippen molar-refractivity contribution in [3.63, 3.8) is 0 Å². The highest BCUT2D eigenvalue weighted by atomic mass is 16.5. The van der Waals surface area contributed by atoms with Crippen LogP contribution in [-0.2, 0) is 0 Å².